The predicted molar refractivity (Wildman–Crippen MR) is 68.4 cm³/mol. The van der Waals surface area contributed by atoms with E-state index in [9.17, 15) is 4.39 Å². The second kappa shape index (κ2) is 3.56. The van der Waals surface area contributed by atoms with Gasteiger partial charge in [0.2, 0.25) is 0 Å². The minimum atomic E-state index is -0.306. The van der Waals surface area contributed by atoms with E-state index in [-0.39, 0.29) is 5.82 Å². The Morgan fingerprint density at radius 3 is 2.82 bits per heavy atom. The molecule has 17 heavy (non-hydrogen) atoms. The molecule has 0 amide bonds. The average molecular weight is 247 g/mol. The summed E-state index contributed by atoms with van der Waals surface area (Å²) in [6, 6.07) is 6.77. The van der Waals surface area contributed by atoms with Gasteiger partial charge in [-0.15, -0.1) is 11.3 Å². The van der Waals surface area contributed by atoms with E-state index < -0.39 is 0 Å². The zero-order valence-corrected chi connectivity index (χ0v) is 9.96. The Labute approximate surface area is 101 Å². The number of anilines is 1. The van der Waals surface area contributed by atoms with E-state index in [0.29, 0.717) is 17.0 Å². The van der Waals surface area contributed by atoms with E-state index in [1.54, 1.807) is 6.07 Å². The molecule has 3 rings (SSSR count). The minimum Gasteiger partial charge on any atom is -0.397 e. The van der Waals surface area contributed by atoms with Crippen molar-refractivity contribution in [2.75, 3.05) is 5.73 Å². The number of nitrogen functional groups attached to an aromatic ring is 1. The molecule has 0 saturated heterocycles. The van der Waals surface area contributed by atoms with Crippen LogP contribution >= 0.6 is 11.3 Å². The Balaban J connectivity index is 2.36. The number of hydrogen-bond donors (Lipinski definition) is 1. The van der Waals surface area contributed by atoms with Crippen LogP contribution < -0.4 is 5.73 Å². The van der Waals surface area contributed by atoms with Crippen LogP contribution in [0.5, 0.6) is 0 Å². The van der Waals surface area contributed by atoms with Crippen molar-refractivity contribution >= 4 is 28.1 Å². The Morgan fingerprint density at radius 2 is 2.18 bits per heavy atom. The van der Waals surface area contributed by atoms with Crippen LogP contribution in [0.4, 0.5) is 10.1 Å². The molecular weight excluding hydrogens is 237 g/mol. The predicted octanol–water partition coefficient (Wildman–Crippen LogP) is 3.02. The zero-order chi connectivity index (χ0) is 12.0. The quantitative estimate of drug-likeness (QED) is 0.718. The number of hydrogen-bond acceptors (Lipinski definition) is 3. The van der Waals surface area contributed by atoms with Gasteiger partial charge in [0.05, 0.1) is 16.1 Å². The molecule has 0 aliphatic rings. The first-order chi connectivity index (χ1) is 8.18. The van der Waals surface area contributed by atoms with Gasteiger partial charge in [0.1, 0.15) is 5.52 Å². The minimum absolute atomic E-state index is 0.306. The second-order valence-electron chi connectivity index (χ2n) is 3.81. The molecule has 0 radical (unpaired) electrons. The summed E-state index contributed by atoms with van der Waals surface area (Å²) in [6.07, 6.45) is 0. The number of nitrogens with zero attached hydrogens (tertiary/aromatic N) is 2. The fraction of sp³-hybridized carbons (Fsp3) is 0.0833. The molecule has 0 bridgehead atoms. The van der Waals surface area contributed by atoms with Crippen molar-refractivity contribution in [3.05, 3.63) is 35.5 Å². The van der Waals surface area contributed by atoms with E-state index in [4.69, 9.17) is 5.73 Å². The van der Waals surface area contributed by atoms with Crippen LogP contribution in [0.3, 0.4) is 0 Å². The highest BCUT2D eigenvalue weighted by Gasteiger charge is 2.15. The van der Waals surface area contributed by atoms with Crippen molar-refractivity contribution in [3.8, 4) is 10.7 Å². The molecule has 5 heteroatoms. The van der Waals surface area contributed by atoms with Crippen molar-refractivity contribution < 1.29 is 4.39 Å². The van der Waals surface area contributed by atoms with Gasteiger partial charge in [-0.2, -0.15) is 0 Å². The summed E-state index contributed by atoms with van der Waals surface area (Å²) in [5, 5.41) is 1.90. The molecule has 86 valence electrons. The van der Waals surface area contributed by atoms with Gasteiger partial charge in [0.25, 0.3) is 0 Å². The smallest absolute Gasteiger partial charge is 0.153 e. The number of thiophene rings is 1. The van der Waals surface area contributed by atoms with Crippen LogP contribution in [-0.2, 0) is 7.05 Å². The molecule has 3 nitrogen and oxygen atoms in total. The number of rotatable bonds is 1. The summed E-state index contributed by atoms with van der Waals surface area (Å²) >= 11 is 1.51. The van der Waals surface area contributed by atoms with Crippen LogP contribution in [0.25, 0.3) is 21.7 Å². The highest BCUT2D eigenvalue weighted by atomic mass is 32.1. The van der Waals surface area contributed by atoms with Gasteiger partial charge in [-0.1, -0.05) is 6.07 Å². The van der Waals surface area contributed by atoms with Crippen molar-refractivity contribution in [3.63, 3.8) is 0 Å². The molecular formula is C12H10FN3S. The van der Waals surface area contributed by atoms with Crippen LogP contribution in [0.15, 0.2) is 29.6 Å². The number of aromatic nitrogens is 2. The number of para-hydroxylation sites is 1. The lowest BCUT2D eigenvalue weighted by Gasteiger charge is -2.00. The monoisotopic (exact) mass is 247 g/mol. The summed E-state index contributed by atoms with van der Waals surface area (Å²) in [6.45, 7) is 0. The van der Waals surface area contributed by atoms with Crippen LogP contribution in [0.1, 0.15) is 0 Å². The van der Waals surface area contributed by atoms with Gasteiger partial charge in [0.15, 0.2) is 11.6 Å². The molecule has 2 N–H and O–H groups in total. The molecule has 2 heterocycles. The first kappa shape index (κ1) is 10.3. The SMILES string of the molecule is Cn1c(-c2sccc2N)nc2c(F)cccc21. The molecule has 3 aromatic rings. The fourth-order valence-electron chi connectivity index (χ4n) is 1.88. The highest BCUT2D eigenvalue weighted by Crippen LogP contribution is 2.32. The third kappa shape index (κ3) is 1.43. The van der Waals surface area contributed by atoms with E-state index in [0.717, 1.165) is 10.4 Å². The van der Waals surface area contributed by atoms with Crippen LogP contribution in [0, 0.1) is 5.82 Å². The maximum absolute atomic E-state index is 13.6. The maximum Gasteiger partial charge on any atom is 0.153 e. The molecule has 0 spiro atoms. The number of fused-ring (bicyclic) bond motifs is 1. The lowest BCUT2D eigenvalue weighted by molar-refractivity contribution is 0.637. The van der Waals surface area contributed by atoms with Gasteiger partial charge in [-0.25, -0.2) is 9.37 Å². The Hall–Kier alpha value is -1.88. The van der Waals surface area contributed by atoms with Crippen molar-refractivity contribution in [2.45, 2.75) is 0 Å². The van der Waals surface area contributed by atoms with Crippen molar-refractivity contribution in [2.24, 2.45) is 7.05 Å². The first-order valence-corrected chi connectivity index (χ1v) is 6.00. The van der Waals surface area contributed by atoms with E-state index in [1.165, 1.54) is 17.4 Å². The van der Waals surface area contributed by atoms with Gasteiger partial charge in [-0.05, 0) is 23.6 Å². The largest absolute Gasteiger partial charge is 0.397 e. The number of benzene rings is 1. The zero-order valence-electron chi connectivity index (χ0n) is 9.14. The fourth-order valence-corrected chi connectivity index (χ4v) is 2.73. The van der Waals surface area contributed by atoms with Crippen LogP contribution in [-0.4, -0.2) is 9.55 Å². The molecule has 0 fully saturated rings. The Kier molecular flexibility index (Phi) is 2.16. The van der Waals surface area contributed by atoms with E-state index in [2.05, 4.69) is 4.98 Å². The van der Waals surface area contributed by atoms with E-state index in [1.807, 2.05) is 29.1 Å². The number of nitrogens with two attached hydrogens (primary N) is 1. The van der Waals surface area contributed by atoms with E-state index >= 15 is 0 Å². The average Bonchev–Trinajstić information content (AvgIpc) is 2.85. The lowest BCUT2D eigenvalue weighted by atomic mass is 10.3. The summed E-state index contributed by atoms with van der Waals surface area (Å²) in [5.74, 6) is 0.400. The third-order valence-corrected chi connectivity index (χ3v) is 3.69. The van der Waals surface area contributed by atoms with Crippen molar-refractivity contribution in [1.29, 1.82) is 0 Å². The third-order valence-electron chi connectivity index (χ3n) is 2.76. The second-order valence-corrected chi connectivity index (χ2v) is 4.72. The summed E-state index contributed by atoms with van der Waals surface area (Å²) < 4.78 is 15.5. The van der Waals surface area contributed by atoms with Gasteiger partial charge in [0, 0.05) is 7.05 Å². The van der Waals surface area contributed by atoms with Gasteiger partial charge in [-0.3, -0.25) is 0 Å². The topological polar surface area (TPSA) is 43.8 Å². The normalized spacial score (nSPS) is 11.2. The Morgan fingerprint density at radius 1 is 1.35 bits per heavy atom. The molecule has 0 aliphatic carbocycles. The standard InChI is InChI=1S/C12H10FN3S/c1-16-9-4-2-3-7(13)10(9)15-12(16)11-8(14)5-6-17-11/h2-6H,14H2,1H3. The van der Waals surface area contributed by atoms with Crippen molar-refractivity contribution in [1.82, 2.24) is 9.55 Å². The van der Waals surface area contributed by atoms with Gasteiger partial charge < -0.3 is 10.3 Å². The number of aryl methyl sites for hydroxylation is 1. The molecule has 2 aromatic heterocycles. The molecule has 0 unspecified atom stereocenters. The summed E-state index contributed by atoms with van der Waals surface area (Å²) in [4.78, 5) is 5.21. The lowest BCUT2D eigenvalue weighted by Crippen LogP contribution is -1.93. The maximum atomic E-state index is 13.6. The summed E-state index contributed by atoms with van der Waals surface area (Å²) in [5.41, 5.74) is 7.70. The van der Waals surface area contributed by atoms with Gasteiger partial charge >= 0.3 is 0 Å². The first-order valence-electron chi connectivity index (χ1n) is 5.13. The molecule has 0 atom stereocenters. The van der Waals surface area contributed by atoms with Crippen LogP contribution in [0.2, 0.25) is 0 Å². The molecule has 0 saturated carbocycles. The number of halogens is 1. The Bertz CT molecular complexity index is 699. The number of imidazole rings is 1. The highest BCUT2D eigenvalue weighted by molar-refractivity contribution is 7.14. The molecule has 0 aliphatic heterocycles. The summed E-state index contributed by atoms with van der Waals surface area (Å²) in [7, 11) is 1.86. The molecule has 1 aromatic carbocycles.